The molecular weight excluding hydrogens is 328 g/mol. The third kappa shape index (κ3) is 12.9. The van der Waals surface area contributed by atoms with Gasteiger partial charge in [-0.3, -0.25) is 4.79 Å². The van der Waals surface area contributed by atoms with Crippen molar-refractivity contribution < 1.29 is 19.7 Å². The maximum atomic E-state index is 10.4. The van der Waals surface area contributed by atoms with Crippen LogP contribution < -0.4 is 4.74 Å². The molecule has 0 aliphatic heterocycles. The summed E-state index contributed by atoms with van der Waals surface area (Å²) in [6.07, 6.45) is 13.1. The summed E-state index contributed by atoms with van der Waals surface area (Å²) in [7, 11) is 0. The molecule has 2 N–H and O–H groups in total. The van der Waals surface area contributed by atoms with Crippen molar-refractivity contribution in [3.8, 4) is 17.6 Å². The molecule has 0 spiro atoms. The third-order valence-corrected chi connectivity index (χ3v) is 3.52. The van der Waals surface area contributed by atoms with E-state index in [1.165, 1.54) is 0 Å². The smallest absolute Gasteiger partial charge is 0.303 e. The second kappa shape index (κ2) is 14.8. The number of aliphatic hydroxyl groups excluding tert-OH is 1. The average molecular weight is 356 g/mol. The van der Waals surface area contributed by atoms with E-state index in [0.29, 0.717) is 6.42 Å². The van der Waals surface area contributed by atoms with Crippen molar-refractivity contribution in [1.82, 2.24) is 0 Å². The highest BCUT2D eigenvalue weighted by Crippen LogP contribution is 2.08. The van der Waals surface area contributed by atoms with Crippen molar-refractivity contribution >= 4 is 5.97 Å². The minimum atomic E-state index is -0.800. The van der Waals surface area contributed by atoms with Gasteiger partial charge in [0.2, 0.25) is 0 Å². The molecule has 140 valence electrons. The number of carboxylic acids is 1. The Morgan fingerprint density at radius 3 is 2.38 bits per heavy atom. The van der Waals surface area contributed by atoms with E-state index < -0.39 is 12.1 Å². The summed E-state index contributed by atoms with van der Waals surface area (Å²) in [6, 6.07) is 9.35. The first-order valence-electron chi connectivity index (χ1n) is 9.07. The average Bonchev–Trinajstić information content (AvgIpc) is 2.64. The minimum Gasteiger partial charge on any atom is -0.490 e. The Hall–Kier alpha value is -2.51. The van der Waals surface area contributed by atoms with Crippen molar-refractivity contribution in [1.29, 1.82) is 0 Å². The van der Waals surface area contributed by atoms with Gasteiger partial charge < -0.3 is 14.9 Å². The summed E-state index contributed by atoms with van der Waals surface area (Å²) in [5.74, 6) is 5.56. The van der Waals surface area contributed by atoms with E-state index in [4.69, 9.17) is 9.84 Å². The monoisotopic (exact) mass is 356 g/mol. The van der Waals surface area contributed by atoms with Crippen LogP contribution in [-0.2, 0) is 4.79 Å². The van der Waals surface area contributed by atoms with Gasteiger partial charge in [-0.2, -0.15) is 0 Å². The Kier molecular flexibility index (Phi) is 12.3. The first-order chi connectivity index (χ1) is 12.7. The van der Waals surface area contributed by atoms with Crippen molar-refractivity contribution in [2.24, 2.45) is 0 Å². The number of carboxylic acid groups (broad SMARTS) is 1. The maximum absolute atomic E-state index is 10.4. The molecule has 0 radical (unpaired) electrons. The molecule has 0 aliphatic carbocycles. The maximum Gasteiger partial charge on any atom is 0.303 e. The van der Waals surface area contributed by atoms with E-state index in [1.54, 1.807) is 6.08 Å². The molecule has 0 heterocycles. The highest BCUT2D eigenvalue weighted by Gasteiger charge is 1.99. The van der Waals surface area contributed by atoms with Crippen LogP contribution in [0.3, 0.4) is 0 Å². The Morgan fingerprint density at radius 1 is 1.04 bits per heavy atom. The molecule has 26 heavy (non-hydrogen) atoms. The van der Waals surface area contributed by atoms with E-state index in [-0.39, 0.29) is 13.0 Å². The topological polar surface area (TPSA) is 66.8 Å². The first kappa shape index (κ1) is 21.5. The van der Waals surface area contributed by atoms with Crippen LogP contribution in [0.5, 0.6) is 5.75 Å². The van der Waals surface area contributed by atoms with Crippen molar-refractivity contribution in [3.05, 3.63) is 54.6 Å². The number of rotatable bonds is 12. The Labute approximate surface area is 156 Å². The summed E-state index contributed by atoms with van der Waals surface area (Å²) in [6.45, 7) is 0.156. The molecule has 1 atom stereocenters. The fraction of sp³-hybridized carbons (Fsp3) is 0.409. The zero-order valence-electron chi connectivity index (χ0n) is 15.1. The van der Waals surface area contributed by atoms with Crippen LogP contribution in [0.4, 0.5) is 0 Å². The van der Waals surface area contributed by atoms with E-state index >= 15 is 0 Å². The fourth-order valence-electron chi connectivity index (χ4n) is 2.15. The summed E-state index contributed by atoms with van der Waals surface area (Å²) < 4.78 is 5.42. The SMILES string of the molecule is O=C(O)CCC/C=C\CCCC/C=C\C#CC(O)COc1ccccc1. The van der Waals surface area contributed by atoms with Crippen molar-refractivity contribution in [3.63, 3.8) is 0 Å². The molecular formula is C22H28O4. The van der Waals surface area contributed by atoms with Gasteiger partial charge in [0, 0.05) is 6.42 Å². The lowest BCUT2D eigenvalue weighted by atomic mass is 10.1. The number of hydrogen-bond acceptors (Lipinski definition) is 3. The predicted molar refractivity (Wildman–Crippen MR) is 104 cm³/mol. The van der Waals surface area contributed by atoms with Crippen LogP contribution in [0, 0.1) is 11.8 Å². The van der Waals surface area contributed by atoms with Crippen molar-refractivity contribution in [2.75, 3.05) is 6.61 Å². The largest absolute Gasteiger partial charge is 0.490 e. The molecule has 1 unspecified atom stereocenters. The summed E-state index contributed by atoms with van der Waals surface area (Å²) in [5, 5.41) is 18.2. The summed E-state index contributed by atoms with van der Waals surface area (Å²) >= 11 is 0. The fourth-order valence-corrected chi connectivity index (χ4v) is 2.15. The molecule has 1 aromatic rings. The van der Waals surface area contributed by atoms with E-state index in [2.05, 4.69) is 24.0 Å². The second-order valence-electron chi connectivity index (χ2n) is 5.87. The van der Waals surface area contributed by atoms with Crippen molar-refractivity contribution in [2.45, 2.75) is 51.0 Å². The van der Waals surface area contributed by atoms with Crippen LogP contribution in [-0.4, -0.2) is 28.9 Å². The zero-order chi connectivity index (χ0) is 18.9. The lowest BCUT2D eigenvalue weighted by Gasteiger charge is -2.06. The quantitative estimate of drug-likeness (QED) is 0.332. The Bertz CT molecular complexity index is 608. The molecule has 4 nitrogen and oxygen atoms in total. The van der Waals surface area contributed by atoms with E-state index in [0.717, 1.165) is 37.9 Å². The zero-order valence-corrected chi connectivity index (χ0v) is 15.1. The molecule has 1 aromatic carbocycles. The Morgan fingerprint density at radius 2 is 1.69 bits per heavy atom. The molecule has 0 saturated carbocycles. The minimum absolute atomic E-state index is 0.156. The lowest BCUT2D eigenvalue weighted by Crippen LogP contribution is -2.14. The standard InChI is InChI=1S/C22H28O4/c23-20(19-26-21-16-12-10-13-17-21)15-11-8-6-4-2-1-3-5-7-9-14-18-22(24)25/h5-8,10,12-13,16-17,20,23H,1-4,9,14,18-19H2,(H,24,25)/b7-5-,8-6-. The van der Waals surface area contributed by atoms with Gasteiger partial charge in [-0.25, -0.2) is 0 Å². The molecule has 0 bridgehead atoms. The van der Waals surface area contributed by atoms with Gasteiger partial charge in [-0.15, -0.1) is 0 Å². The van der Waals surface area contributed by atoms with Crippen LogP contribution >= 0.6 is 0 Å². The van der Waals surface area contributed by atoms with Crippen LogP contribution in [0.15, 0.2) is 54.6 Å². The number of aliphatic carboxylic acids is 1. The highest BCUT2D eigenvalue weighted by atomic mass is 16.5. The number of benzene rings is 1. The normalized spacial score (nSPS) is 12.0. The molecule has 1 rings (SSSR count). The number of carbonyl (C=O) groups is 1. The van der Waals surface area contributed by atoms with E-state index in [1.807, 2.05) is 36.4 Å². The predicted octanol–water partition coefficient (Wildman–Crippen LogP) is 4.36. The number of para-hydroxylation sites is 1. The number of aliphatic hydroxyl groups is 1. The van der Waals surface area contributed by atoms with Gasteiger partial charge in [-0.05, 0) is 56.7 Å². The van der Waals surface area contributed by atoms with Gasteiger partial charge in [0.1, 0.15) is 18.5 Å². The van der Waals surface area contributed by atoms with Crippen LogP contribution in [0.1, 0.15) is 44.9 Å². The van der Waals surface area contributed by atoms with Gasteiger partial charge in [0.15, 0.2) is 0 Å². The number of hydrogen-bond donors (Lipinski definition) is 2. The van der Waals surface area contributed by atoms with Gasteiger partial charge in [0.05, 0.1) is 0 Å². The summed E-state index contributed by atoms with van der Waals surface area (Å²) in [5.41, 5.74) is 0. The van der Waals surface area contributed by atoms with Gasteiger partial charge in [0.25, 0.3) is 0 Å². The highest BCUT2D eigenvalue weighted by molar-refractivity contribution is 5.66. The van der Waals surface area contributed by atoms with Gasteiger partial charge >= 0.3 is 5.97 Å². The second-order valence-corrected chi connectivity index (χ2v) is 5.87. The molecule has 4 heteroatoms. The number of allylic oxidation sites excluding steroid dienone is 4. The van der Waals surface area contributed by atoms with Gasteiger partial charge in [-0.1, -0.05) is 48.3 Å². The molecule has 0 amide bonds. The number of unbranched alkanes of at least 4 members (excludes halogenated alkanes) is 4. The van der Waals surface area contributed by atoms with E-state index in [9.17, 15) is 9.90 Å². The molecule has 0 aromatic heterocycles. The van der Waals surface area contributed by atoms with Crippen LogP contribution in [0.25, 0.3) is 0 Å². The third-order valence-electron chi connectivity index (χ3n) is 3.52. The van der Waals surface area contributed by atoms with Crippen LogP contribution in [0.2, 0.25) is 0 Å². The lowest BCUT2D eigenvalue weighted by molar-refractivity contribution is -0.137. The molecule has 0 saturated heterocycles. The summed E-state index contributed by atoms with van der Waals surface area (Å²) in [4.78, 5) is 10.4. The Balaban J connectivity index is 2.01. The first-order valence-corrected chi connectivity index (χ1v) is 9.07. The molecule has 0 fully saturated rings. The molecule has 0 aliphatic rings. The number of ether oxygens (including phenoxy) is 1.